The number of nitrogens with two attached hydrogens (primary N) is 2. The Hall–Kier alpha value is -2.34. The van der Waals surface area contributed by atoms with Gasteiger partial charge in [0.2, 0.25) is 23.6 Å². The van der Waals surface area contributed by atoms with Gasteiger partial charge in [0.05, 0.1) is 6.04 Å². The minimum atomic E-state index is -1.11. The molecule has 6 N–H and O–H groups in total. The fourth-order valence-electron chi connectivity index (χ4n) is 4.18. The van der Waals surface area contributed by atoms with Crippen LogP contribution < -0.4 is 16.8 Å². The molecule has 2 aliphatic heterocycles. The quantitative estimate of drug-likeness (QED) is 0.293. The lowest BCUT2D eigenvalue weighted by Gasteiger charge is -2.30. The lowest BCUT2D eigenvalue weighted by molar-refractivity contribution is -0.150. The van der Waals surface area contributed by atoms with Gasteiger partial charge in [-0.15, -0.1) is 0 Å². The number of carboxylic acids is 1. The van der Waals surface area contributed by atoms with Gasteiger partial charge in [-0.3, -0.25) is 19.2 Å². The Morgan fingerprint density at radius 1 is 1.03 bits per heavy atom. The number of aliphatic carboxylic acids is 1. The van der Waals surface area contributed by atoms with Crippen molar-refractivity contribution in [3.8, 4) is 0 Å². The van der Waals surface area contributed by atoms with Crippen molar-refractivity contribution < 1.29 is 29.1 Å². The summed E-state index contributed by atoms with van der Waals surface area (Å²) in [7, 11) is 0. The predicted molar refractivity (Wildman–Crippen MR) is 118 cm³/mol. The van der Waals surface area contributed by atoms with Gasteiger partial charge in [-0.05, 0) is 50.5 Å². The first kappa shape index (κ1) is 25.9. The first-order valence-corrected chi connectivity index (χ1v) is 12.2. The van der Waals surface area contributed by atoms with Crippen LogP contribution in [0.1, 0.15) is 44.9 Å². The van der Waals surface area contributed by atoms with Crippen molar-refractivity contribution in [2.75, 3.05) is 25.1 Å². The van der Waals surface area contributed by atoms with Crippen LogP contribution in [0.2, 0.25) is 0 Å². The second-order valence-electron chi connectivity index (χ2n) is 8.17. The van der Waals surface area contributed by atoms with Crippen LogP contribution in [0.4, 0.5) is 0 Å². The SMILES string of the molecule is CSCCC(N)C(=O)N1CCCC1C(=O)NC(CCC(N)=O)C(=O)N1CCCC1C(=O)O. The van der Waals surface area contributed by atoms with Crippen molar-refractivity contribution in [3.05, 3.63) is 0 Å². The zero-order valence-corrected chi connectivity index (χ0v) is 19.1. The van der Waals surface area contributed by atoms with E-state index in [4.69, 9.17) is 11.5 Å². The molecule has 4 amide bonds. The second kappa shape index (κ2) is 12.0. The van der Waals surface area contributed by atoms with E-state index in [0.717, 1.165) is 5.75 Å². The van der Waals surface area contributed by atoms with Crippen LogP contribution in [-0.2, 0) is 24.0 Å². The van der Waals surface area contributed by atoms with Gasteiger partial charge in [0.15, 0.2) is 0 Å². The van der Waals surface area contributed by atoms with E-state index in [9.17, 15) is 29.1 Å². The lowest BCUT2D eigenvalue weighted by Crippen LogP contribution is -2.56. The van der Waals surface area contributed by atoms with E-state index in [-0.39, 0.29) is 25.3 Å². The molecule has 0 aromatic rings. The third-order valence-corrected chi connectivity index (χ3v) is 6.55. The Balaban J connectivity index is 2.11. The molecule has 0 spiro atoms. The number of likely N-dealkylation sites (tertiary alicyclic amines) is 2. The van der Waals surface area contributed by atoms with Gasteiger partial charge in [-0.25, -0.2) is 4.79 Å². The highest BCUT2D eigenvalue weighted by Gasteiger charge is 2.40. The Kier molecular flexibility index (Phi) is 9.76. The van der Waals surface area contributed by atoms with Gasteiger partial charge in [0.1, 0.15) is 18.1 Å². The largest absolute Gasteiger partial charge is 0.480 e. The summed E-state index contributed by atoms with van der Waals surface area (Å²) in [4.78, 5) is 64.3. The highest BCUT2D eigenvalue weighted by Crippen LogP contribution is 2.22. The van der Waals surface area contributed by atoms with Gasteiger partial charge in [0, 0.05) is 19.5 Å². The Bertz CT molecular complexity index is 735. The number of carbonyl (C=O) groups excluding carboxylic acids is 4. The summed E-state index contributed by atoms with van der Waals surface area (Å²) in [6, 6.07) is -3.53. The highest BCUT2D eigenvalue weighted by molar-refractivity contribution is 7.98. The number of nitrogens with one attached hydrogen (secondary N) is 1. The van der Waals surface area contributed by atoms with Crippen LogP contribution in [-0.4, -0.2) is 93.8 Å². The number of thioether (sulfide) groups is 1. The maximum absolute atomic E-state index is 13.1. The molecule has 12 heteroatoms. The number of carboxylic acid groups (broad SMARTS) is 1. The van der Waals surface area contributed by atoms with Crippen LogP contribution in [0.5, 0.6) is 0 Å². The lowest BCUT2D eigenvalue weighted by atomic mass is 10.1. The minimum absolute atomic E-state index is 0.0450. The monoisotopic (exact) mass is 471 g/mol. The molecule has 2 saturated heterocycles. The molecule has 0 radical (unpaired) electrons. The topological polar surface area (TPSA) is 176 Å². The molecule has 0 aromatic heterocycles. The van der Waals surface area contributed by atoms with Crippen molar-refractivity contribution in [2.24, 2.45) is 11.5 Å². The van der Waals surface area contributed by atoms with E-state index in [1.807, 2.05) is 6.26 Å². The Morgan fingerprint density at radius 2 is 1.62 bits per heavy atom. The molecular weight excluding hydrogens is 438 g/mol. The number of primary amides is 1. The van der Waals surface area contributed by atoms with Gasteiger partial charge in [-0.1, -0.05) is 0 Å². The highest BCUT2D eigenvalue weighted by atomic mass is 32.2. The Labute approximate surface area is 191 Å². The first-order chi connectivity index (χ1) is 15.2. The normalized spacial score (nSPS) is 22.4. The molecule has 32 heavy (non-hydrogen) atoms. The molecule has 0 aromatic carbocycles. The molecular formula is C20H33N5O6S. The summed E-state index contributed by atoms with van der Waals surface area (Å²) in [6.45, 7) is 0.661. The smallest absolute Gasteiger partial charge is 0.326 e. The summed E-state index contributed by atoms with van der Waals surface area (Å²) in [6.07, 6.45) is 4.16. The fraction of sp³-hybridized carbons (Fsp3) is 0.750. The molecule has 11 nitrogen and oxygen atoms in total. The van der Waals surface area contributed by atoms with E-state index in [1.165, 1.54) is 9.80 Å². The van der Waals surface area contributed by atoms with Crippen molar-refractivity contribution in [3.63, 3.8) is 0 Å². The van der Waals surface area contributed by atoms with E-state index >= 15 is 0 Å². The average Bonchev–Trinajstić information content (AvgIpc) is 3.43. The molecule has 2 heterocycles. The maximum Gasteiger partial charge on any atom is 0.326 e. The zero-order chi connectivity index (χ0) is 23.8. The molecule has 4 atom stereocenters. The second-order valence-corrected chi connectivity index (χ2v) is 9.16. The van der Waals surface area contributed by atoms with Crippen molar-refractivity contribution in [2.45, 2.75) is 69.1 Å². The molecule has 0 saturated carbocycles. The number of rotatable bonds is 11. The van der Waals surface area contributed by atoms with Gasteiger partial charge in [-0.2, -0.15) is 11.8 Å². The third-order valence-electron chi connectivity index (χ3n) is 5.90. The molecule has 2 fully saturated rings. The number of amides is 4. The summed E-state index contributed by atoms with van der Waals surface area (Å²) < 4.78 is 0. The number of hydrogen-bond acceptors (Lipinski definition) is 7. The predicted octanol–water partition coefficient (Wildman–Crippen LogP) is -1.12. The standard InChI is InChI=1S/C20H33N5O6S/c1-32-11-8-12(21)18(28)24-9-2-4-14(24)17(27)23-13(6-7-16(22)26)19(29)25-10-3-5-15(25)20(30)31/h12-15H,2-11,21H2,1H3,(H2,22,26)(H,23,27)(H,30,31). The van der Waals surface area contributed by atoms with Crippen LogP contribution in [0.25, 0.3) is 0 Å². The summed E-state index contributed by atoms with van der Waals surface area (Å²) in [5.41, 5.74) is 11.2. The van der Waals surface area contributed by atoms with Crippen LogP contribution in [0, 0.1) is 0 Å². The maximum atomic E-state index is 13.1. The van der Waals surface area contributed by atoms with Crippen LogP contribution >= 0.6 is 11.8 Å². The van der Waals surface area contributed by atoms with Crippen molar-refractivity contribution >= 4 is 41.4 Å². The first-order valence-electron chi connectivity index (χ1n) is 10.8. The summed E-state index contributed by atoms with van der Waals surface area (Å²) >= 11 is 1.58. The van der Waals surface area contributed by atoms with Crippen molar-refractivity contribution in [1.29, 1.82) is 0 Å². The number of carbonyl (C=O) groups is 5. The van der Waals surface area contributed by atoms with E-state index in [1.54, 1.807) is 11.8 Å². The summed E-state index contributed by atoms with van der Waals surface area (Å²) in [5.74, 6) is -2.39. The Morgan fingerprint density at radius 3 is 2.19 bits per heavy atom. The van der Waals surface area contributed by atoms with Crippen LogP contribution in [0.15, 0.2) is 0 Å². The zero-order valence-electron chi connectivity index (χ0n) is 18.3. The third kappa shape index (κ3) is 6.58. The van der Waals surface area contributed by atoms with Crippen molar-refractivity contribution in [1.82, 2.24) is 15.1 Å². The van der Waals surface area contributed by atoms with Gasteiger partial charge >= 0.3 is 5.97 Å². The van der Waals surface area contributed by atoms with E-state index in [2.05, 4.69) is 5.32 Å². The van der Waals surface area contributed by atoms with E-state index in [0.29, 0.717) is 38.6 Å². The molecule has 2 aliphatic rings. The molecule has 2 rings (SSSR count). The fourth-order valence-corrected chi connectivity index (χ4v) is 4.67. The molecule has 180 valence electrons. The molecule has 0 aliphatic carbocycles. The number of nitrogens with zero attached hydrogens (tertiary/aromatic N) is 2. The van der Waals surface area contributed by atoms with E-state index < -0.39 is 47.9 Å². The average molecular weight is 472 g/mol. The summed E-state index contributed by atoms with van der Waals surface area (Å²) in [5, 5.41) is 12.0. The van der Waals surface area contributed by atoms with Crippen LogP contribution in [0.3, 0.4) is 0 Å². The minimum Gasteiger partial charge on any atom is -0.480 e. The molecule has 0 bridgehead atoms. The number of hydrogen-bond donors (Lipinski definition) is 4. The molecule has 4 unspecified atom stereocenters. The van der Waals surface area contributed by atoms with Gasteiger partial charge < -0.3 is 31.7 Å². The van der Waals surface area contributed by atoms with Gasteiger partial charge in [0.25, 0.3) is 0 Å².